The second-order valence-corrected chi connectivity index (χ2v) is 10.4. The van der Waals surface area contributed by atoms with Crippen LogP contribution in [-0.2, 0) is 32.5 Å². The topological polar surface area (TPSA) is 28.7 Å². The monoisotopic (exact) mass is 446 g/mol. The van der Waals surface area contributed by atoms with Crippen LogP contribution in [0.15, 0.2) is 60.7 Å². The SMILES string of the molecule is CC(C)(C)n1c(-c2ccccc2)[n+](C(C)(C)C)[si-]1Cl.[C-]#[O+].[Co].c1cc[cH-]c1. The normalized spacial score (nSPS) is 10.7. The van der Waals surface area contributed by atoms with Gasteiger partial charge in [-0.05, 0) is 53.7 Å². The van der Waals surface area contributed by atoms with E-state index in [-0.39, 0.29) is 27.9 Å². The molecule has 0 unspecified atom stereocenters. The molecule has 0 fully saturated rings. The van der Waals surface area contributed by atoms with Crippen molar-refractivity contribution in [2.45, 2.75) is 52.6 Å². The molecule has 0 aliphatic carbocycles. The molecule has 149 valence electrons. The van der Waals surface area contributed by atoms with Crippen LogP contribution in [0.2, 0.25) is 0 Å². The van der Waals surface area contributed by atoms with E-state index in [9.17, 15) is 0 Å². The first-order valence-electron chi connectivity index (χ1n) is 8.56. The molecule has 6 heteroatoms. The van der Waals surface area contributed by atoms with Crippen molar-refractivity contribution in [2.24, 2.45) is 0 Å². The number of aromatic nitrogens is 2. The minimum absolute atomic E-state index is 0. The summed E-state index contributed by atoms with van der Waals surface area (Å²) in [5, 5.41) is 0. The fourth-order valence-electron chi connectivity index (χ4n) is 2.69. The standard InChI is InChI=1S/C15H23ClN2Si.C5H5.CO.Co/c1-14(2,3)17-13(12-10-8-7-9-11-12)18(19(17)16)15(4,5)6;1-2-4-5-3-1;1-2;/h7-11H,1-6H3;1-5H;;/q;-1;;. The van der Waals surface area contributed by atoms with Crippen LogP contribution in [0.5, 0.6) is 0 Å². The van der Waals surface area contributed by atoms with Crippen LogP contribution in [0.4, 0.5) is 0 Å². The fraction of sp³-hybridized carbons (Fsp3) is 0.381. The predicted octanol–water partition coefficient (Wildman–Crippen LogP) is 5.06. The summed E-state index contributed by atoms with van der Waals surface area (Å²) in [7, 11) is -1.18. The molecular formula is C21H28ClCoN2OSi-. The summed E-state index contributed by atoms with van der Waals surface area (Å²) in [5.41, 5.74) is 1.37. The van der Waals surface area contributed by atoms with Crippen molar-refractivity contribution >= 4 is 19.1 Å². The van der Waals surface area contributed by atoms with Gasteiger partial charge in [-0.1, -0.05) is 18.2 Å². The van der Waals surface area contributed by atoms with Gasteiger partial charge in [0.05, 0.1) is 0 Å². The van der Waals surface area contributed by atoms with Gasteiger partial charge in [0.15, 0.2) is 13.9 Å². The van der Waals surface area contributed by atoms with Crippen LogP contribution in [0, 0.1) is 6.65 Å². The number of hydrogen-bond donors (Lipinski definition) is 0. The van der Waals surface area contributed by atoms with E-state index < -0.39 is 8.05 Å². The van der Waals surface area contributed by atoms with Gasteiger partial charge >= 0.3 is 11.3 Å². The maximum Gasteiger partial charge on any atom is 0 e. The van der Waals surface area contributed by atoms with Crippen LogP contribution in [0.25, 0.3) is 11.4 Å². The largest absolute Gasteiger partial charge is 0.214 e. The Morgan fingerprint density at radius 1 is 0.963 bits per heavy atom. The molecule has 0 amide bonds. The minimum Gasteiger partial charge on any atom is -0.214 e. The second-order valence-electron chi connectivity index (χ2n) is 7.93. The molecule has 27 heavy (non-hydrogen) atoms. The second kappa shape index (κ2) is 11.0. The average molecular weight is 447 g/mol. The predicted molar refractivity (Wildman–Crippen MR) is 109 cm³/mol. The Bertz CT molecular complexity index is 744. The van der Waals surface area contributed by atoms with E-state index in [1.807, 2.05) is 30.3 Å². The minimum atomic E-state index is -1.18. The van der Waals surface area contributed by atoms with E-state index in [0.717, 1.165) is 0 Å². The van der Waals surface area contributed by atoms with Gasteiger partial charge in [-0.2, -0.15) is 18.2 Å². The van der Waals surface area contributed by atoms with Crippen molar-refractivity contribution in [3.05, 3.63) is 67.3 Å². The molecule has 1 aromatic heterocycles. The maximum atomic E-state index is 7.50. The molecule has 2 aromatic carbocycles. The van der Waals surface area contributed by atoms with E-state index >= 15 is 0 Å². The molecule has 0 bridgehead atoms. The number of rotatable bonds is 1. The van der Waals surface area contributed by atoms with Crippen molar-refractivity contribution in [2.75, 3.05) is 0 Å². The molecule has 0 spiro atoms. The third-order valence-electron chi connectivity index (χ3n) is 3.72. The fourth-order valence-corrected chi connectivity index (χ4v) is 6.66. The third-order valence-corrected chi connectivity index (χ3v) is 7.24. The van der Waals surface area contributed by atoms with Crippen LogP contribution in [0.3, 0.4) is 0 Å². The smallest absolute Gasteiger partial charge is 0 e. The number of nitrogens with zero attached hydrogens (tertiary/aromatic N) is 2. The molecule has 0 atom stereocenters. The van der Waals surface area contributed by atoms with Crippen LogP contribution < -0.4 is 4.22 Å². The Labute approximate surface area is 180 Å². The van der Waals surface area contributed by atoms with Crippen molar-refractivity contribution in [1.29, 1.82) is 0 Å². The van der Waals surface area contributed by atoms with Crippen LogP contribution in [0.1, 0.15) is 41.5 Å². The summed E-state index contributed by atoms with van der Waals surface area (Å²) in [6.45, 7) is 17.9. The third kappa shape index (κ3) is 6.72. The van der Waals surface area contributed by atoms with Crippen LogP contribution >= 0.6 is 11.1 Å². The van der Waals surface area contributed by atoms with E-state index in [1.165, 1.54) is 11.4 Å². The van der Waals surface area contributed by atoms with Gasteiger partial charge < -0.3 is 8.44 Å². The van der Waals surface area contributed by atoms with E-state index in [2.05, 4.69) is 87.0 Å². The molecule has 1 heterocycles. The number of benzene rings is 1. The summed E-state index contributed by atoms with van der Waals surface area (Å²) < 4.78 is 12.3. The number of halogens is 1. The first-order chi connectivity index (χ1) is 12.1. The Hall–Kier alpha value is -1.21. The Kier molecular flexibility index (Phi) is 10.5. The Morgan fingerprint density at radius 2 is 1.44 bits per heavy atom. The summed E-state index contributed by atoms with van der Waals surface area (Å²) in [6, 6.07) is 20.6. The Balaban J connectivity index is 0.000000719. The zero-order chi connectivity index (χ0) is 20.0. The molecule has 3 nitrogen and oxygen atoms in total. The average Bonchev–Trinajstić information content (AvgIpc) is 3.12. The molecule has 0 saturated carbocycles. The zero-order valence-corrected chi connectivity index (χ0v) is 19.6. The quantitative estimate of drug-likeness (QED) is 0.216. The van der Waals surface area contributed by atoms with Gasteiger partial charge in [-0.25, -0.2) is 12.1 Å². The van der Waals surface area contributed by atoms with Crippen LogP contribution in [-0.4, -0.2) is 12.3 Å². The van der Waals surface area contributed by atoms with Gasteiger partial charge in [0.25, 0.3) is 0 Å². The summed E-state index contributed by atoms with van der Waals surface area (Å²) in [5.74, 6) is 1.27. The molecule has 1 radical (unpaired) electrons. The van der Waals surface area contributed by atoms with Crippen molar-refractivity contribution in [1.82, 2.24) is 4.22 Å². The van der Waals surface area contributed by atoms with Gasteiger partial charge in [0.2, 0.25) is 0 Å². The molecular weight excluding hydrogens is 419 g/mol. The van der Waals surface area contributed by atoms with E-state index in [1.54, 1.807) is 0 Å². The Morgan fingerprint density at radius 3 is 1.78 bits per heavy atom. The molecule has 0 aliphatic heterocycles. The zero-order valence-electron chi connectivity index (χ0n) is 16.8. The van der Waals surface area contributed by atoms with Gasteiger partial charge in [-0.3, -0.25) is 11.1 Å². The molecule has 0 saturated heterocycles. The first kappa shape index (κ1) is 25.8. The van der Waals surface area contributed by atoms with E-state index in [0.29, 0.717) is 0 Å². The maximum absolute atomic E-state index is 7.50. The van der Waals surface area contributed by atoms with Crippen molar-refractivity contribution in [3.8, 4) is 11.4 Å². The van der Waals surface area contributed by atoms with Gasteiger partial charge in [0.1, 0.15) is 0 Å². The number of hydrogen-bond acceptors (Lipinski definition) is 0. The molecule has 3 rings (SSSR count). The summed E-state index contributed by atoms with van der Waals surface area (Å²) in [4.78, 5) is 0. The first-order valence-corrected chi connectivity index (χ1v) is 11.0. The molecule has 3 aromatic rings. The van der Waals surface area contributed by atoms with E-state index in [4.69, 9.17) is 15.7 Å². The van der Waals surface area contributed by atoms with Crippen molar-refractivity contribution < 1.29 is 25.7 Å². The molecule has 0 N–H and O–H groups in total. The summed E-state index contributed by atoms with van der Waals surface area (Å²) >= 11 is 6.73. The van der Waals surface area contributed by atoms with Gasteiger partial charge in [0, 0.05) is 33.4 Å². The van der Waals surface area contributed by atoms with Gasteiger partial charge in [-0.15, -0.1) is 0 Å². The molecule has 0 aliphatic rings. The van der Waals surface area contributed by atoms with Crippen molar-refractivity contribution in [3.63, 3.8) is 0 Å². The summed E-state index contributed by atoms with van der Waals surface area (Å²) in [6.07, 6.45) is 0.